The molecule has 1 saturated heterocycles. The third kappa shape index (κ3) is 5.47. The van der Waals surface area contributed by atoms with Gasteiger partial charge >= 0.3 is 0 Å². The molecule has 2 aromatic carbocycles. The molecule has 0 radical (unpaired) electrons. The third-order valence-corrected chi connectivity index (χ3v) is 5.73. The fourth-order valence-corrected chi connectivity index (χ4v) is 4.04. The Bertz CT molecular complexity index is 1410. The van der Waals surface area contributed by atoms with Gasteiger partial charge in [-0.05, 0) is 49.4 Å². The maximum absolute atomic E-state index is 13.0. The minimum Gasteiger partial charge on any atom is -0.378 e. The molecular weight excluding hydrogens is 459 g/mol. The molecule has 1 aliphatic heterocycles. The zero-order valence-corrected chi connectivity index (χ0v) is 19.7. The predicted octanol–water partition coefficient (Wildman–Crippen LogP) is 5.08. The first-order valence-electron chi connectivity index (χ1n) is 11.6. The highest BCUT2D eigenvalue weighted by atomic mass is 19.1. The minimum absolute atomic E-state index is 0.448. The Morgan fingerprint density at radius 3 is 2.64 bits per heavy atom. The van der Waals surface area contributed by atoms with Crippen molar-refractivity contribution in [3.05, 3.63) is 78.9 Å². The van der Waals surface area contributed by atoms with Crippen molar-refractivity contribution >= 4 is 39.8 Å². The number of morpholine rings is 1. The van der Waals surface area contributed by atoms with E-state index >= 15 is 0 Å². The molecule has 5 rings (SSSR count). The Hall–Kier alpha value is -4.37. The Morgan fingerprint density at radius 1 is 1.06 bits per heavy atom. The lowest BCUT2D eigenvalue weighted by atomic mass is 10.1. The van der Waals surface area contributed by atoms with Gasteiger partial charge in [-0.25, -0.2) is 14.4 Å². The van der Waals surface area contributed by atoms with E-state index in [1.165, 1.54) is 6.92 Å². The van der Waals surface area contributed by atoms with Crippen LogP contribution in [-0.4, -0.2) is 47.2 Å². The van der Waals surface area contributed by atoms with E-state index in [0.717, 1.165) is 54.7 Å². The third-order valence-electron chi connectivity index (χ3n) is 5.73. The largest absolute Gasteiger partial charge is 0.378 e. The summed E-state index contributed by atoms with van der Waals surface area (Å²) >= 11 is 0. The van der Waals surface area contributed by atoms with Crippen LogP contribution in [0.15, 0.2) is 78.9 Å². The normalized spacial score (nSPS) is 14.1. The molecular formula is C27H25FN6O2. The summed E-state index contributed by atoms with van der Waals surface area (Å²) in [5.41, 5.74) is 4.63. The van der Waals surface area contributed by atoms with Gasteiger partial charge in [0.2, 0.25) is 5.95 Å². The summed E-state index contributed by atoms with van der Waals surface area (Å²) in [6.45, 7) is 4.47. The van der Waals surface area contributed by atoms with Gasteiger partial charge in [0.1, 0.15) is 11.3 Å². The molecule has 2 aromatic heterocycles. The molecule has 1 fully saturated rings. The van der Waals surface area contributed by atoms with Crippen LogP contribution in [0.4, 0.5) is 27.4 Å². The smallest absolute Gasteiger partial charge is 0.250 e. The molecule has 0 saturated carbocycles. The second-order valence-electron chi connectivity index (χ2n) is 8.36. The summed E-state index contributed by atoms with van der Waals surface area (Å²) in [7, 11) is 0. The number of hydrogen-bond acceptors (Lipinski definition) is 7. The number of amides is 1. The second kappa shape index (κ2) is 10.5. The molecule has 8 nitrogen and oxygen atoms in total. The van der Waals surface area contributed by atoms with Gasteiger partial charge in [0.05, 0.1) is 18.9 Å². The number of carbonyl (C=O) groups excluding carboxylic acids is 1. The highest BCUT2D eigenvalue weighted by molar-refractivity contribution is 6.00. The van der Waals surface area contributed by atoms with Gasteiger partial charge in [-0.1, -0.05) is 12.1 Å². The summed E-state index contributed by atoms with van der Waals surface area (Å²) in [6, 6.07) is 17.2. The summed E-state index contributed by atoms with van der Waals surface area (Å²) in [5.74, 6) is -0.651. The van der Waals surface area contributed by atoms with E-state index in [4.69, 9.17) is 9.72 Å². The lowest BCUT2D eigenvalue weighted by Crippen LogP contribution is -2.36. The maximum atomic E-state index is 13.0. The number of halogens is 1. The molecule has 2 N–H and O–H groups in total. The molecule has 0 spiro atoms. The average molecular weight is 485 g/mol. The van der Waals surface area contributed by atoms with Gasteiger partial charge in [-0.3, -0.25) is 9.78 Å². The van der Waals surface area contributed by atoms with Crippen LogP contribution in [0.5, 0.6) is 0 Å². The van der Waals surface area contributed by atoms with Gasteiger partial charge in [-0.2, -0.15) is 0 Å². The molecule has 0 unspecified atom stereocenters. The Kier molecular flexibility index (Phi) is 6.81. The minimum atomic E-state index is -0.563. The fourth-order valence-electron chi connectivity index (χ4n) is 4.04. The van der Waals surface area contributed by atoms with Gasteiger partial charge < -0.3 is 20.3 Å². The van der Waals surface area contributed by atoms with Crippen LogP contribution >= 0.6 is 0 Å². The van der Waals surface area contributed by atoms with Crippen molar-refractivity contribution in [2.24, 2.45) is 0 Å². The number of allylic oxidation sites excluding steroid dienone is 1. The second-order valence-corrected chi connectivity index (χ2v) is 8.36. The van der Waals surface area contributed by atoms with Crippen LogP contribution in [0.3, 0.4) is 0 Å². The van der Waals surface area contributed by atoms with E-state index in [-0.39, 0.29) is 0 Å². The number of anilines is 4. The monoisotopic (exact) mass is 484 g/mol. The molecule has 9 heteroatoms. The van der Waals surface area contributed by atoms with Crippen molar-refractivity contribution in [1.29, 1.82) is 0 Å². The number of carbonyl (C=O) groups is 1. The fraction of sp³-hybridized carbons (Fsp3) is 0.185. The quantitative estimate of drug-likeness (QED) is 0.369. The summed E-state index contributed by atoms with van der Waals surface area (Å²) < 4.78 is 18.5. The van der Waals surface area contributed by atoms with Gasteiger partial charge in [-0.15, -0.1) is 0 Å². The van der Waals surface area contributed by atoms with Crippen LogP contribution in [0, 0.1) is 0 Å². The Balaban J connectivity index is 1.39. The predicted molar refractivity (Wildman–Crippen MR) is 139 cm³/mol. The Labute approximate surface area is 207 Å². The molecule has 0 aliphatic carbocycles. The highest BCUT2D eigenvalue weighted by Gasteiger charge is 2.12. The number of nitrogens with one attached hydrogen (secondary N) is 2. The summed E-state index contributed by atoms with van der Waals surface area (Å²) in [4.78, 5) is 28.0. The number of fused-ring (bicyclic) bond motifs is 1. The first-order chi connectivity index (χ1) is 17.5. The van der Waals surface area contributed by atoms with E-state index in [1.54, 1.807) is 30.6 Å². The van der Waals surface area contributed by atoms with Crippen molar-refractivity contribution in [3.8, 4) is 11.3 Å². The number of aromatic nitrogens is 3. The molecule has 182 valence electrons. The van der Waals surface area contributed by atoms with E-state index in [0.29, 0.717) is 22.8 Å². The van der Waals surface area contributed by atoms with Crippen molar-refractivity contribution in [2.75, 3.05) is 41.8 Å². The van der Waals surface area contributed by atoms with Crippen molar-refractivity contribution < 1.29 is 13.9 Å². The zero-order chi connectivity index (χ0) is 24.9. The number of hydrogen-bond donors (Lipinski definition) is 2. The molecule has 1 aliphatic rings. The number of ether oxygens (including phenoxy) is 1. The number of pyridine rings is 1. The van der Waals surface area contributed by atoms with E-state index < -0.39 is 11.7 Å². The number of rotatable bonds is 6. The Morgan fingerprint density at radius 2 is 1.86 bits per heavy atom. The molecule has 4 aromatic rings. The highest BCUT2D eigenvalue weighted by Crippen LogP contribution is 2.28. The number of nitrogens with zero attached hydrogens (tertiary/aromatic N) is 4. The molecule has 36 heavy (non-hydrogen) atoms. The summed E-state index contributed by atoms with van der Waals surface area (Å²) in [5, 5.41) is 6.77. The van der Waals surface area contributed by atoms with Crippen molar-refractivity contribution in [1.82, 2.24) is 15.0 Å². The zero-order valence-electron chi connectivity index (χ0n) is 19.7. The molecule has 0 atom stereocenters. The van der Waals surface area contributed by atoms with Crippen LogP contribution in [0.1, 0.15) is 6.92 Å². The van der Waals surface area contributed by atoms with Gasteiger partial charge in [0, 0.05) is 59.6 Å². The van der Waals surface area contributed by atoms with E-state index in [1.807, 2.05) is 24.3 Å². The van der Waals surface area contributed by atoms with Crippen molar-refractivity contribution in [2.45, 2.75) is 6.92 Å². The van der Waals surface area contributed by atoms with Crippen LogP contribution in [0.25, 0.3) is 22.2 Å². The van der Waals surface area contributed by atoms with Crippen LogP contribution < -0.4 is 15.5 Å². The maximum Gasteiger partial charge on any atom is 0.250 e. The molecule has 3 heterocycles. The van der Waals surface area contributed by atoms with Crippen molar-refractivity contribution in [3.63, 3.8) is 0 Å². The first-order valence-corrected chi connectivity index (χ1v) is 11.6. The van der Waals surface area contributed by atoms with Gasteiger partial charge in [0.25, 0.3) is 5.91 Å². The lowest BCUT2D eigenvalue weighted by molar-refractivity contribution is -0.112. The van der Waals surface area contributed by atoms with E-state index in [9.17, 15) is 9.18 Å². The molecule has 1 amide bonds. The first kappa shape index (κ1) is 23.4. The SMILES string of the molecule is C/C(F)=C\C(=O)Nc1cccc(-c2nccc3cnc(Nc4ccc(N5CCOCC5)cc4)nc23)c1. The lowest BCUT2D eigenvalue weighted by Gasteiger charge is -2.28. The molecule has 0 bridgehead atoms. The average Bonchev–Trinajstić information content (AvgIpc) is 2.89. The topological polar surface area (TPSA) is 92.3 Å². The van der Waals surface area contributed by atoms with Crippen LogP contribution in [0.2, 0.25) is 0 Å². The van der Waals surface area contributed by atoms with Crippen LogP contribution in [-0.2, 0) is 9.53 Å². The number of benzene rings is 2. The van der Waals surface area contributed by atoms with E-state index in [2.05, 4.69) is 37.6 Å². The standard InChI is InChI=1S/C27H25FN6O2/c1-18(28)15-24(35)31-22-4-2-3-19(16-22)25-26-20(9-10-29-25)17-30-27(33-26)32-21-5-7-23(8-6-21)34-11-13-36-14-12-34/h2-10,15-17H,11-14H2,1H3,(H,31,35)(H,30,32,33)/b18-15+. The van der Waals surface area contributed by atoms with Gasteiger partial charge in [0.15, 0.2) is 0 Å². The summed E-state index contributed by atoms with van der Waals surface area (Å²) in [6.07, 6.45) is 4.35.